The van der Waals surface area contributed by atoms with Gasteiger partial charge in [-0.2, -0.15) is 0 Å². The van der Waals surface area contributed by atoms with Gasteiger partial charge in [0.2, 0.25) is 5.91 Å². The second kappa shape index (κ2) is 18.2. The van der Waals surface area contributed by atoms with Crippen molar-refractivity contribution in [2.24, 2.45) is 0 Å². The number of carbonyl (C=O) groups is 3. The predicted octanol–water partition coefficient (Wildman–Crippen LogP) is 3.06. The summed E-state index contributed by atoms with van der Waals surface area (Å²) in [6.45, 7) is 12.5. The third-order valence-corrected chi connectivity index (χ3v) is 7.96. The Labute approximate surface area is 289 Å². The molecule has 0 bridgehead atoms. The van der Waals surface area contributed by atoms with Gasteiger partial charge in [0, 0.05) is 25.2 Å². The molecule has 1 fully saturated rings. The maximum Gasteiger partial charge on any atom is 0.408 e. The van der Waals surface area contributed by atoms with E-state index in [-0.39, 0.29) is 32.0 Å². The van der Waals surface area contributed by atoms with Crippen molar-refractivity contribution in [2.45, 2.75) is 89.8 Å². The molecule has 13 nitrogen and oxygen atoms in total. The lowest BCUT2D eigenvalue weighted by molar-refractivity contribution is -0.143. The van der Waals surface area contributed by atoms with Gasteiger partial charge in [0.15, 0.2) is 0 Å². The quantitative estimate of drug-likeness (QED) is 0.177. The number of nitrogens with zero attached hydrogens (tertiary/aromatic N) is 2. The van der Waals surface area contributed by atoms with Gasteiger partial charge < -0.3 is 45.1 Å². The summed E-state index contributed by atoms with van der Waals surface area (Å²) in [5.41, 5.74) is 0.175. The van der Waals surface area contributed by atoms with Crippen LogP contribution in [0.1, 0.15) is 52.7 Å². The molecule has 1 aliphatic heterocycles. The molecule has 1 heterocycles. The lowest BCUT2D eigenvalue weighted by Gasteiger charge is -2.42. The van der Waals surface area contributed by atoms with E-state index in [2.05, 4.69) is 10.6 Å². The Morgan fingerprint density at radius 1 is 0.939 bits per heavy atom. The standard InChI is InChI=1S/C36H54N4O9/c1-35(2,3)40(34(45)46)29(21-25-10-8-7-9-11-25)31(42)23-37-22-30(41)28(38-33(44)49-36(4,5)6)20-26-12-14-27(15-13-26)48-19-17-39-16-18-47-24-32(39)43/h7-15,28-31,37,41-42H,16-24H2,1-6H3,(H,38,44)(H,45,46)/t28-,29-,30+,31+/m0/s1. The lowest BCUT2D eigenvalue weighted by atomic mass is 9.94. The highest BCUT2D eigenvalue weighted by Gasteiger charge is 2.37. The first-order valence-corrected chi connectivity index (χ1v) is 16.7. The lowest BCUT2D eigenvalue weighted by Crippen LogP contribution is -2.58. The van der Waals surface area contributed by atoms with Gasteiger partial charge in [0.05, 0.1) is 37.4 Å². The van der Waals surface area contributed by atoms with Crippen LogP contribution in [0.15, 0.2) is 54.6 Å². The molecule has 2 aromatic rings. The van der Waals surface area contributed by atoms with Crippen LogP contribution in [-0.2, 0) is 27.1 Å². The number of carbonyl (C=O) groups excluding carboxylic acids is 2. The fourth-order valence-corrected chi connectivity index (χ4v) is 5.62. The zero-order valence-electron chi connectivity index (χ0n) is 29.6. The molecule has 0 spiro atoms. The molecule has 3 rings (SSSR count). The molecule has 5 N–H and O–H groups in total. The Morgan fingerprint density at radius 3 is 2.16 bits per heavy atom. The summed E-state index contributed by atoms with van der Waals surface area (Å²) in [5.74, 6) is 0.559. The number of nitrogens with one attached hydrogen (secondary N) is 2. The zero-order chi connectivity index (χ0) is 36.2. The van der Waals surface area contributed by atoms with Gasteiger partial charge in [-0.1, -0.05) is 42.5 Å². The van der Waals surface area contributed by atoms with Gasteiger partial charge in [-0.3, -0.25) is 9.69 Å². The number of carboxylic acid groups (broad SMARTS) is 1. The molecule has 0 unspecified atom stereocenters. The molecule has 1 aliphatic rings. The average Bonchev–Trinajstić information content (AvgIpc) is 3.01. The monoisotopic (exact) mass is 686 g/mol. The largest absolute Gasteiger partial charge is 0.492 e. The summed E-state index contributed by atoms with van der Waals surface area (Å²) < 4.78 is 16.4. The van der Waals surface area contributed by atoms with Crippen LogP contribution in [0.5, 0.6) is 5.75 Å². The van der Waals surface area contributed by atoms with E-state index in [0.717, 1.165) is 11.1 Å². The average molecular weight is 687 g/mol. The number of hydrogen-bond donors (Lipinski definition) is 5. The van der Waals surface area contributed by atoms with Crippen LogP contribution in [0.4, 0.5) is 9.59 Å². The second-order valence-corrected chi connectivity index (χ2v) is 14.3. The van der Waals surface area contributed by atoms with E-state index in [9.17, 15) is 29.7 Å². The third-order valence-electron chi connectivity index (χ3n) is 7.96. The molecule has 13 heteroatoms. The number of aliphatic hydroxyl groups is 2. The molecule has 0 aliphatic carbocycles. The molecule has 1 saturated heterocycles. The van der Waals surface area contributed by atoms with E-state index in [1.807, 2.05) is 42.5 Å². The molecule has 272 valence electrons. The maximum absolute atomic E-state index is 12.7. The van der Waals surface area contributed by atoms with Crippen molar-refractivity contribution >= 4 is 18.1 Å². The first kappa shape index (κ1) is 39.5. The van der Waals surface area contributed by atoms with Crippen LogP contribution in [0, 0.1) is 0 Å². The minimum Gasteiger partial charge on any atom is -0.492 e. The Bertz CT molecular complexity index is 1330. The van der Waals surface area contributed by atoms with E-state index in [1.54, 1.807) is 58.6 Å². The number of morpholine rings is 1. The maximum atomic E-state index is 12.7. The summed E-state index contributed by atoms with van der Waals surface area (Å²) in [6.07, 6.45) is -3.46. The minimum absolute atomic E-state index is 0.000371. The van der Waals surface area contributed by atoms with Crippen LogP contribution in [0.2, 0.25) is 0 Å². The summed E-state index contributed by atoms with van der Waals surface area (Å²) in [5, 5.41) is 38.5. The van der Waals surface area contributed by atoms with Crippen LogP contribution in [0.3, 0.4) is 0 Å². The van der Waals surface area contributed by atoms with Crippen molar-refractivity contribution in [1.82, 2.24) is 20.4 Å². The second-order valence-electron chi connectivity index (χ2n) is 14.3. The number of amides is 3. The zero-order valence-corrected chi connectivity index (χ0v) is 29.6. The first-order chi connectivity index (χ1) is 23.0. The summed E-state index contributed by atoms with van der Waals surface area (Å²) in [7, 11) is 0. The highest BCUT2D eigenvalue weighted by atomic mass is 16.6. The summed E-state index contributed by atoms with van der Waals surface area (Å²) in [4.78, 5) is 40.0. The highest BCUT2D eigenvalue weighted by molar-refractivity contribution is 5.78. The van der Waals surface area contributed by atoms with Crippen molar-refractivity contribution in [1.29, 1.82) is 0 Å². The number of rotatable bonds is 16. The van der Waals surface area contributed by atoms with Crippen LogP contribution in [-0.4, -0.2) is 125 Å². The number of aliphatic hydroxyl groups excluding tert-OH is 2. The number of hydrogen-bond acceptors (Lipinski definition) is 9. The fourth-order valence-electron chi connectivity index (χ4n) is 5.62. The Balaban J connectivity index is 1.65. The highest BCUT2D eigenvalue weighted by Crippen LogP contribution is 2.23. The molecule has 0 radical (unpaired) electrons. The van der Waals surface area contributed by atoms with E-state index < -0.39 is 47.6 Å². The summed E-state index contributed by atoms with van der Waals surface area (Å²) in [6, 6.07) is 15.1. The van der Waals surface area contributed by atoms with E-state index in [0.29, 0.717) is 38.5 Å². The SMILES string of the molecule is CC(C)(C)OC(=O)N[C@@H](Cc1ccc(OCCN2CCOCC2=O)cc1)[C@H](O)CNC[C@@H](O)[C@H](Cc1ccccc1)N(C(=O)O)C(C)(C)C. The van der Waals surface area contributed by atoms with Crippen LogP contribution < -0.4 is 15.4 Å². The molecule has 2 aromatic carbocycles. The molecular weight excluding hydrogens is 632 g/mol. The van der Waals surface area contributed by atoms with Gasteiger partial charge >= 0.3 is 12.2 Å². The Kier molecular flexibility index (Phi) is 14.7. The predicted molar refractivity (Wildman–Crippen MR) is 185 cm³/mol. The van der Waals surface area contributed by atoms with E-state index in [1.165, 1.54) is 4.90 Å². The van der Waals surface area contributed by atoms with Gasteiger partial charge in [0.1, 0.15) is 24.6 Å². The van der Waals surface area contributed by atoms with E-state index in [4.69, 9.17) is 14.2 Å². The molecule has 49 heavy (non-hydrogen) atoms. The van der Waals surface area contributed by atoms with Gasteiger partial charge in [-0.25, -0.2) is 9.59 Å². The van der Waals surface area contributed by atoms with Crippen molar-refractivity contribution in [3.63, 3.8) is 0 Å². The van der Waals surface area contributed by atoms with Crippen molar-refractivity contribution in [3.05, 3.63) is 65.7 Å². The first-order valence-electron chi connectivity index (χ1n) is 16.7. The number of ether oxygens (including phenoxy) is 3. The normalized spacial score (nSPS) is 16.3. The smallest absolute Gasteiger partial charge is 0.408 e. The van der Waals surface area contributed by atoms with Gasteiger partial charge in [-0.15, -0.1) is 0 Å². The summed E-state index contributed by atoms with van der Waals surface area (Å²) >= 11 is 0. The third kappa shape index (κ3) is 13.5. The molecule has 0 saturated carbocycles. The molecule has 3 amide bonds. The van der Waals surface area contributed by atoms with E-state index >= 15 is 0 Å². The van der Waals surface area contributed by atoms with Crippen molar-refractivity contribution in [3.8, 4) is 5.75 Å². The molecule has 0 aromatic heterocycles. The number of benzene rings is 2. The van der Waals surface area contributed by atoms with Crippen molar-refractivity contribution in [2.75, 3.05) is 46.0 Å². The minimum atomic E-state index is -1.14. The van der Waals surface area contributed by atoms with Crippen LogP contribution >= 0.6 is 0 Å². The fraction of sp³-hybridized carbons (Fsp3) is 0.583. The van der Waals surface area contributed by atoms with Crippen LogP contribution in [0.25, 0.3) is 0 Å². The Hall–Kier alpha value is -3.91. The number of alkyl carbamates (subject to hydrolysis) is 1. The molecular formula is C36H54N4O9. The Morgan fingerprint density at radius 2 is 1.57 bits per heavy atom. The van der Waals surface area contributed by atoms with Gasteiger partial charge in [-0.05, 0) is 77.6 Å². The van der Waals surface area contributed by atoms with Crippen molar-refractivity contribution < 1.29 is 43.9 Å². The van der Waals surface area contributed by atoms with Gasteiger partial charge in [0.25, 0.3) is 0 Å². The topological polar surface area (TPSA) is 170 Å². The molecule has 4 atom stereocenters.